The van der Waals surface area contributed by atoms with E-state index in [1.54, 1.807) is 0 Å². The summed E-state index contributed by atoms with van der Waals surface area (Å²) in [5, 5.41) is 10.0. The molecule has 67 heavy (non-hydrogen) atoms. The van der Waals surface area contributed by atoms with E-state index in [4.69, 9.17) is 4.98 Å². The highest BCUT2D eigenvalue weighted by Crippen LogP contribution is 2.41. The van der Waals surface area contributed by atoms with Gasteiger partial charge in [-0.15, -0.1) is 0 Å². The average Bonchev–Trinajstić information content (AvgIpc) is 3.75. The highest BCUT2D eigenvalue weighted by atomic mass is 15.0. The van der Waals surface area contributed by atoms with Gasteiger partial charge in [-0.25, -0.2) is 4.98 Å². The van der Waals surface area contributed by atoms with Crippen LogP contribution in [0, 0.1) is 0 Å². The standard InChI is InChI=1S/C65H42N2/c1-4-18-43(19-5-1)47-34-48(44-20-6-2-7-21-44)36-51(35-47)62-41-50(45-22-8-3-9-23-45)42-63(66-62)52-37-49(38-53(39-52)67-64-30-16-14-28-59(64)60-29-15-17-31-65(60)67)46-32-33-58-56-26-11-10-24-54(56)55-25-12-13-27-57(55)61(58)40-46/h1-42H. The van der Waals surface area contributed by atoms with Crippen molar-refractivity contribution in [2.45, 2.75) is 0 Å². The Morgan fingerprint density at radius 2 is 0.552 bits per heavy atom. The lowest BCUT2D eigenvalue weighted by molar-refractivity contribution is 1.18. The second kappa shape index (κ2) is 16.0. The number of rotatable bonds is 7. The van der Waals surface area contributed by atoms with Gasteiger partial charge in [0, 0.05) is 27.6 Å². The van der Waals surface area contributed by atoms with E-state index in [2.05, 4.69) is 259 Å². The number of fused-ring (bicyclic) bond motifs is 9. The largest absolute Gasteiger partial charge is 0.309 e. The minimum absolute atomic E-state index is 0.906. The number of nitrogens with zero attached hydrogens (tertiary/aromatic N) is 2. The van der Waals surface area contributed by atoms with Crippen LogP contribution in [0.3, 0.4) is 0 Å². The Morgan fingerprint density at radius 3 is 1.04 bits per heavy atom. The summed E-state index contributed by atoms with van der Waals surface area (Å²) in [5.41, 5.74) is 16.5. The number of benzene rings is 11. The summed E-state index contributed by atoms with van der Waals surface area (Å²) in [6.45, 7) is 0. The quantitative estimate of drug-likeness (QED) is 0.146. The van der Waals surface area contributed by atoms with Gasteiger partial charge in [0.25, 0.3) is 0 Å². The van der Waals surface area contributed by atoms with Crippen molar-refractivity contribution in [1.29, 1.82) is 0 Å². The molecule has 11 aromatic carbocycles. The number of pyridine rings is 1. The van der Waals surface area contributed by atoms with Crippen LogP contribution in [0.15, 0.2) is 255 Å². The summed E-state index contributed by atoms with van der Waals surface area (Å²) in [6, 6.07) is 92.7. The molecule has 0 fully saturated rings. The lowest BCUT2D eigenvalue weighted by Gasteiger charge is -2.17. The zero-order valence-electron chi connectivity index (χ0n) is 36.6. The molecule has 0 bridgehead atoms. The Hall–Kier alpha value is -8.85. The normalized spacial score (nSPS) is 11.6. The first-order chi connectivity index (χ1) is 33.2. The Bertz CT molecular complexity index is 3870. The molecule has 2 heteroatoms. The van der Waals surface area contributed by atoms with E-state index in [0.717, 1.165) is 61.6 Å². The number of hydrogen-bond donors (Lipinski definition) is 0. The van der Waals surface area contributed by atoms with E-state index in [0.29, 0.717) is 0 Å². The number of aromatic nitrogens is 2. The van der Waals surface area contributed by atoms with Crippen molar-refractivity contribution in [1.82, 2.24) is 9.55 Å². The van der Waals surface area contributed by atoms with Crippen molar-refractivity contribution in [2.24, 2.45) is 0 Å². The van der Waals surface area contributed by atoms with Crippen molar-refractivity contribution in [2.75, 3.05) is 0 Å². The van der Waals surface area contributed by atoms with Crippen molar-refractivity contribution in [3.05, 3.63) is 255 Å². The Morgan fingerprint density at radius 1 is 0.209 bits per heavy atom. The predicted molar refractivity (Wildman–Crippen MR) is 284 cm³/mol. The van der Waals surface area contributed by atoms with Crippen LogP contribution >= 0.6 is 0 Å². The molecule has 0 aliphatic carbocycles. The zero-order chi connectivity index (χ0) is 44.3. The van der Waals surface area contributed by atoms with E-state index in [-0.39, 0.29) is 0 Å². The maximum Gasteiger partial charge on any atom is 0.0716 e. The van der Waals surface area contributed by atoms with Crippen molar-refractivity contribution in [3.8, 4) is 72.7 Å². The fourth-order valence-corrected chi connectivity index (χ4v) is 10.3. The fourth-order valence-electron chi connectivity index (χ4n) is 10.3. The molecule has 2 nitrogen and oxygen atoms in total. The molecule has 0 saturated carbocycles. The summed E-state index contributed by atoms with van der Waals surface area (Å²) in [6.07, 6.45) is 0. The maximum absolute atomic E-state index is 5.67. The van der Waals surface area contributed by atoms with Gasteiger partial charge in [-0.05, 0) is 144 Å². The van der Waals surface area contributed by atoms with E-state index in [9.17, 15) is 0 Å². The van der Waals surface area contributed by atoms with Gasteiger partial charge in [0.05, 0.1) is 22.4 Å². The van der Waals surface area contributed by atoms with E-state index >= 15 is 0 Å². The topological polar surface area (TPSA) is 17.8 Å². The lowest BCUT2D eigenvalue weighted by Crippen LogP contribution is -1.98. The predicted octanol–water partition coefficient (Wildman–Crippen LogP) is 17.6. The second-order valence-electron chi connectivity index (χ2n) is 17.5. The van der Waals surface area contributed by atoms with Gasteiger partial charge in [-0.3, -0.25) is 0 Å². The van der Waals surface area contributed by atoms with Gasteiger partial charge in [0.15, 0.2) is 0 Å². The SMILES string of the molecule is c1ccc(-c2cc(-c3ccccc3)cc(-c3cc(-c4ccccc4)cc(-c4cc(-c5ccc6c7ccccc7c7ccccc7c6c5)cc(-n5c6ccccc6c6ccccc65)c4)n3)c2)cc1. The molecule has 0 aliphatic heterocycles. The third-order valence-corrected chi connectivity index (χ3v) is 13.5. The molecule has 13 aromatic rings. The molecule has 0 unspecified atom stereocenters. The molecule has 0 atom stereocenters. The summed E-state index contributed by atoms with van der Waals surface area (Å²) >= 11 is 0. The van der Waals surface area contributed by atoms with Crippen LogP contribution in [0.1, 0.15) is 0 Å². The minimum atomic E-state index is 0.906. The van der Waals surface area contributed by atoms with E-state index < -0.39 is 0 Å². The monoisotopic (exact) mass is 850 g/mol. The first kappa shape index (κ1) is 38.6. The summed E-state index contributed by atoms with van der Waals surface area (Å²) in [7, 11) is 0. The number of hydrogen-bond acceptors (Lipinski definition) is 1. The van der Waals surface area contributed by atoms with Crippen molar-refractivity contribution >= 4 is 54.1 Å². The highest BCUT2D eigenvalue weighted by molar-refractivity contribution is 6.25. The molecule has 0 aliphatic rings. The van der Waals surface area contributed by atoms with Crippen LogP contribution < -0.4 is 0 Å². The van der Waals surface area contributed by atoms with Gasteiger partial charge in [-0.1, -0.05) is 188 Å². The minimum Gasteiger partial charge on any atom is -0.309 e. The van der Waals surface area contributed by atoms with Crippen LogP contribution in [0.4, 0.5) is 0 Å². The van der Waals surface area contributed by atoms with E-state index in [1.807, 2.05) is 0 Å². The third kappa shape index (κ3) is 6.78. The fraction of sp³-hybridized carbons (Fsp3) is 0. The zero-order valence-corrected chi connectivity index (χ0v) is 36.6. The second-order valence-corrected chi connectivity index (χ2v) is 17.5. The first-order valence-corrected chi connectivity index (χ1v) is 23.0. The Kier molecular flexibility index (Phi) is 9.21. The van der Waals surface area contributed by atoms with Crippen LogP contribution in [0.2, 0.25) is 0 Å². The van der Waals surface area contributed by atoms with Crippen LogP contribution in [0.25, 0.3) is 127 Å². The molecule has 13 rings (SSSR count). The van der Waals surface area contributed by atoms with Crippen LogP contribution in [-0.4, -0.2) is 9.55 Å². The molecule has 0 amide bonds. The van der Waals surface area contributed by atoms with Gasteiger partial charge < -0.3 is 4.57 Å². The van der Waals surface area contributed by atoms with Crippen LogP contribution in [0.5, 0.6) is 0 Å². The van der Waals surface area contributed by atoms with Gasteiger partial charge in [0.1, 0.15) is 0 Å². The molecule has 0 radical (unpaired) electrons. The third-order valence-electron chi connectivity index (χ3n) is 13.5. The molecule has 0 spiro atoms. The van der Waals surface area contributed by atoms with Crippen LogP contribution in [-0.2, 0) is 0 Å². The summed E-state index contributed by atoms with van der Waals surface area (Å²) in [5.74, 6) is 0. The van der Waals surface area contributed by atoms with Gasteiger partial charge >= 0.3 is 0 Å². The molecule has 312 valence electrons. The van der Waals surface area contributed by atoms with Gasteiger partial charge in [0.2, 0.25) is 0 Å². The lowest BCUT2D eigenvalue weighted by atomic mass is 9.91. The molecule has 0 saturated heterocycles. The highest BCUT2D eigenvalue weighted by Gasteiger charge is 2.18. The molecule has 2 aromatic heterocycles. The average molecular weight is 851 g/mol. The first-order valence-electron chi connectivity index (χ1n) is 23.0. The summed E-state index contributed by atoms with van der Waals surface area (Å²) in [4.78, 5) is 5.67. The van der Waals surface area contributed by atoms with Crippen molar-refractivity contribution in [3.63, 3.8) is 0 Å². The molecular weight excluding hydrogens is 809 g/mol. The Balaban J connectivity index is 1.08. The van der Waals surface area contributed by atoms with Gasteiger partial charge in [-0.2, -0.15) is 0 Å². The summed E-state index contributed by atoms with van der Waals surface area (Å²) < 4.78 is 2.43. The van der Waals surface area contributed by atoms with E-state index in [1.165, 1.54) is 65.3 Å². The molecule has 0 N–H and O–H groups in total. The number of para-hydroxylation sites is 2. The smallest absolute Gasteiger partial charge is 0.0716 e. The van der Waals surface area contributed by atoms with Crippen molar-refractivity contribution < 1.29 is 0 Å². The molecular formula is C65H42N2. The Labute approximate surface area is 389 Å². The maximum atomic E-state index is 5.67. The molecule has 2 heterocycles.